The molecule has 166 valence electrons. The number of hydrogen-bond donors (Lipinski definition) is 1. The number of aromatic nitrogens is 2. The second kappa shape index (κ2) is 10.5. The molecule has 1 N–H and O–H groups in total. The van der Waals surface area contributed by atoms with Crippen LogP contribution in [-0.2, 0) is 11.3 Å². The van der Waals surface area contributed by atoms with E-state index in [9.17, 15) is 22.4 Å². The molecule has 0 aliphatic rings. The molecule has 1 atom stereocenters. The van der Waals surface area contributed by atoms with Crippen LogP contribution in [0.4, 0.5) is 17.6 Å². The van der Waals surface area contributed by atoms with Crippen molar-refractivity contribution in [3.05, 3.63) is 40.2 Å². The van der Waals surface area contributed by atoms with Gasteiger partial charge in [0.25, 0.3) is 12.9 Å². The Kier molecular flexibility index (Phi) is 8.33. The maximum absolute atomic E-state index is 13.3. The SMILES string of the molecule is CCOc1ccc(CNC(=O)C(C)n2nc(C(F)F)c(Cl)c2C(F)F)cc1OCC. The third-order valence-electron chi connectivity index (χ3n) is 4.15. The average Bonchev–Trinajstić information content (AvgIpc) is 3.05. The summed E-state index contributed by atoms with van der Waals surface area (Å²) in [4.78, 5) is 12.5. The molecule has 6 nitrogen and oxygen atoms in total. The molecule has 0 saturated carbocycles. The van der Waals surface area contributed by atoms with Gasteiger partial charge in [-0.3, -0.25) is 4.79 Å². The maximum Gasteiger partial charge on any atom is 0.283 e. The molecular weight excluding hydrogens is 430 g/mol. The predicted molar refractivity (Wildman–Crippen MR) is 102 cm³/mol. The zero-order chi connectivity index (χ0) is 22.4. The number of hydrogen-bond acceptors (Lipinski definition) is 4. The van der Waals surface area contributed by atoms with Gasteiger partial charge in [0.2, 0.25) is 5.91 Å². The second-order valence-corrected chi connectivity index (χ2v) is 6.55. The van der Waals surface area contributed by atoms with Crippen molar-refractivity contribution in [2.75, 3.05) is 13.2 Å². The Labute approximate surface area is 176 Å². The summed E-state index contributed by atoms with van der Waals surface area (Å²) < 4.78 is 64.1. The van der Waals surface area contributed by atoms with E-state index in [0.717, 1.165) is 0 Å². The van der Waals surface area contributed by atoms with Crippen molar-refractivity contribution in [3.63, 3.8) is 0 Å². The average molecular weight is 452 g/mol. The zero-order valence-electron chi connectivity index (χ0n) is 16.6. The lowest BCUT2D eigenvalue weighted by atomic mass is 10.2. The Morgan fingerprint density at radius 1 is 1.13 bits per heavy atom. The van der Waals surface area contributed by atoms with Gasteiger partial charge in [-0.05, 0) is 38.5 Å². The highest BCUT2D eigenvalue weighted by atomic mass is 35.5. The number of carbonyl (C=O) groups excluding carboxylic acids is 1. The number of amides is 1. The van der Waals surface area contributed by atoms with Gasteiger partial charge in [-0.1, -0.05) is 17.7 Å². The van der Waals surface area contributed by atoms with Crippen LogP contribution in [0, 0.1) is 0 Å². The first-order valence-corrected chi connectivity index (χ1v) is 9.59. The van der Waals surface area contributed by atoms with E-state index < -0.39 is 41.2 Å². The lowest BCUT2D eigenvalue weighted by molar-refractivity contribution is -0.124. The van der Waals surface area contributed by atoms with Crippen LogP contribution in [0.15, 0.2) is 18.2 Å². The summed E-state index contributed by atoms with van der Waals surface area (Å²) in [6, 6.07) is 3.80. The van der Waals surface area contributed by atoms with Crippen molar-refractivity contribution >= 4 is 17.5 Å². The summed E-state index contributed by atoms with van der Waals surface area (Å²) in [5, 5.41) is 5.16. The molecule has 0 saturated heterocycles. The van der Waals surface area contributed by atoms with Gasteiger partial charge in [-0.2, -0.15) is 5.10 Å². The van der Waals surface area contributed by atoms with E-state index in [1.807, 2.05) is 13.8 Å². The fraction of sp³-hybridized carbons (Fsp3) is 0.474. The van der Waals surface area contributed by atoms with E-state index in [4.69, 9.17) is 21.1 Å². The minimum absolute atomic E-state index is 0.0520. The van der Waals surface area contributed by atoms with Gasteiger partial charge in [0.1, 0.15) is 17.4 Å². The standard InChI is InChI=1S/C19H22ClF4N3O3/c1-4-29-12-7-6-11(8-13(12)30-5-2)9-25-19(28)10(3)27-16(18(23)24)14(20)15(26-27)17(21)22/h6-8,10,17-18H,4-5,9H2,1-3H3,(H,25,28). The van der Waals surface area contributed by atoms with E-state index in [1.54, 1.807) is 18.2 Å². The van der Waals surface area contributed by atoms with Gasteiger partial charge in [-0.25, -0.2) is 22.2 Å². The summed E-state index contributed by atoms with van der Waals surface area (Å²) in [5.74, 6) is 0.360. The number of nitrogens with one attached hydrogen (secondary N) is 1. The Balaban J connectivity index is 2.17. The first-order valence-electron chi connectivity index (χ1n) is 9.21. The smallest absolute Gasteiger partial charge is 0.283 e. The highest BCUT2D eigenvalue weighted by Gasteiger charge is 2.31. The molecule has 1 amide bonds. The number of rotatable bonds is 10. The van der Waals surface area contributed by atoms with Crippen molar-refractivity contribution in [1.29, 1.82) is 0 Å². The van der Waals surface area contributed by atoms with Gasteiger partial charge < -0.3 is 14.8 Å². The van der Waals surface area contributed by atoms with Crippen molar-refractivity contribution in [2.24, 2.45) is 0 Å². The summed E-state index contributed by atoms with van der Waals surface area (Å²) in [6.07, 6.45) is -6.32. The Morgan fingerprint density at radius 2 is 1.77 bits per heavy atom. The number of alkyl halides is 4. The van der Waals surface area contributed by atoms with E-state index in [0.29, 0.717) is 35.0 Å². The topological polar surface area (TPSA) is 65.4 Å². The summed E-state index contributed by atoms with van der Waals surface area (Å²) in [6.45, 7) is 5.83. The van der Waals surface area contributed by atoms with Crippen molar-refractivity contribution in [3.8, 4) is 11.5 Å². The van der Waals surface area contributed by atoms with Crippen LogP contribution >= 0.6 is 11.6 Å². The summed E-state index contributed by atoms with van der Waals surface area (Å²) in [5.41, 5.74) is -1.24. The third-order valence-corrected chi connectivity index (χ3v) is 4.53. The van der Waals surface area contributed by atoms with Gasteiger partial charge in [0.15, 0.2) is 11.5 Å². The normalized spacial score (nSPS) is 12.3. The molecule has 1 aromatic carbocycles. The van der Waals surface area contributed by atoms with Crippen LogP contribution < -0.4 is 14.8 Å². The molecule has 0 radical (unpaired) electrons. The molecule has 0 fully saturated rings. The summed E-state index contributed by atoms with van der Waals surface area (Å²) in [7, 11) is 0. The zero-order valence-corrected chi connectivity index (χ0v) is 17.4. The fourth-order valence-electron chi connectivity index (χ4n) is 2.73. The summed E-state index contributed by atoms with van der Waals surface area (Å²) >= 11 is 5.63. The molecule has 2 rings (SSSR count). The molecular formula is C19H22ClF4N3O3. The number of halogens is 5. The molecule has 0 aliphatic carbocycles. The monoisotopic (exact) mass is 451 g/mol. The van der Waals surface area contributed by atoms with E-state index in [2.05, 4.69) is 10.4 Å². The van der Waals surface area contributed by atoms with Crippen molar-refractivity contribution in [2.45, 2.75) is 46.2 Å². The van der Waals surface area contributed by atoms with Gasteiger partial charge in [0, 0.05) is 6.54 Å². The maximum atomic E-state index is 13.3. The van der Waals surface area contributed by atoms with Crippen LogP contribution in [0.2, 0.25) is 5.02 Å². The highest BCUT2D eigenvalue weighted by molar-refractivity contribution is 6.32. The van der Waals surface area contributed by atoms with E-state index in [-0.39, 0.29) is 6.54 Å². The van der Waals surface area contributed by atoms with Crippen LogP contribution in [0.3, 0.4) is 0 Å². The van der Waals surface area contributed by atoms with E-state index >= 15 is 0 Å². The highest BCUT2D eigenvalue weighted by Crippen LogP contribution is 2.36. The van der Waals surface area contributed by atoms with E-state index in [1.165, 1.54) is 6.92 Å². The van der Waals surface area contributed by atoms with Crippen LogP contribution in [-0.4, -0.2) is 28.9 Å². The van der Waals surface area contributed by atoms with Gasteiger partial charge in [0.05, 0.1) is 18.2 Å². The van der Waals surface area contributed by atoms with Crippen LogP contribution in [0.25, 0.3) is 0 Å². The minimum atomic E-state index is -3.17. The predicted octanol–water partition coefficient (Wildman–Crippen LogP) is 5.09. The molecule has 11 heteroatoms. The minimum Gasteiger partial charge on any atom is -0.490 e. The molecule has 1 heterocycles. The second-order valence-electron chi connectivity index (χ2n) is 6.17. The number of ether oxygens (including phenoxy) is 2. The first-order chi connectivity index (χ1) is 14.2. The lowest BCUT2D eigenvalue weighted by Crippen LogP contribution is -2.32. The Hall–Kier alpha value is -2.49. The molecule has 0 aliphatic heterocycles. The fourth-order valence-corrected chi connectivity index (χ4v) is 3.02. The van der Waals surface area contributed by atoms with Gasteiger partial charge >= 0.3 is 0 Å². The molecule has 0 spiro atoms. The lowest BCUT2D eigenvalue weighted by Gasteiger charge is -2.16. The third kappa shape index (κ3) is 5.35. The van der Waals surface area contributed by atoms with Crippen molar-refractivity contribution < 1.29 is 31.8 Å². The molecule has 1 unspecified atom stereocenters. The Morgan fingerprint density at radius 3 is 2.33 bits per heavy atom. The number of nitrogens with zero attached hydrogens (tertiary/aromatic N) is 2. The first kappa shape index (κ1) is 23.8. The number of benzene rings is 1. The molecule has 0 bridgehead atoms. The van der Waals surface area contributed by atoms with Crippen LogP contribution in [0.5, 0.6) is 11.5 Å². The largest absolute Gasteiger partial charge is 0.490 e. The van der Waals surface area contributed by atoms with Gasteiger partial charge in [-0.15, -0.1) is 0 Å². The molecule has 30 heavy (non-hydrogen) atoms. The van der Waals surface area contributed by atoms with Crippen LogP contribution in [0.1, 0.15) is 56.6 Å². The van der Waals surface area contributed by atoms with Crippen molar-refractivity contribution in [1.82, 2.24) is 15.1 Å². The quantitative estimate of drug-likeness (QED) is 0.511. The number of carbonyl (C=O) groups is 1. The Bertz CT molecular complexity index is 877. The molecule has 1 aromatic heterocycles. The molecule has 2 aromatic rings.